The second-order valence-corrected chi connectivity index (χ2v) is 6.33. The molecule has 0 radical (unpaired) electrons. The first-order valence-electron chi connectivity index (χ1n) is 9.36. The van der Waals surface area contributed by atoms with Crippen molar-refractivity contribution >= 4 is 11.6 Å². The SMILES string of the molecule is CCC(=O)N(C)c1ccccc1.c1ccc(CCN2CCOCC2)cc1. The summed E-state index contributed by atoms with van der Waals surface area (Å²) in [5.74, 6) is 0.140. The van der Waals surface area contributed by atoms with Crippen molar-refractivity contribution in [3.8, 4) is 0 Å². The Morgan fingerprint density at radius 2 is 1.58 bits per heavy atom. The number of anilines is 1. The molecule has 0 spiro atoms. The summed E-state index contributed by atoms with van der Waals surface area (Å²) in [4.78, 5) is 15.4. The Morgan fingerprint density at radius 1 is 1.00 bits per heavy atom. The van der Waals surface area contributed by atoms with E-state index in [0.717, 1.165) is 45.0 Å². The van der Waals surface area contributed by atoms with Crippen LogP contribution in [0.25, 0.3) is 0 Å². The number of benzene rings is 2. The van der Waals surface area contributed by atoms with Crippen molar-refractivity contribution in [1.29, 1.82) is 0 Å². The molecule has 4 heteroatoms. The average molecular weight is 354 g/mol. The summed E-state index contributed by atoms with van der Waals surface area (Å²) in [5.41, 5.74) is 2.38. The van der Waals surface area contributed by atoms with Crippen LogP contribution < -0.4 is 4.90 Å². The van der Waals surface area contributed by atoms with Gasteiger partial charge in [-0.15, -0.1) is 0 Å². The number of carbonyl (C=O) groups excluding carboxylic acids is 1. The van der Waals surface area contributed by atoms with Gasteiger partial charge in [-0.2, -0.15) is 0 Å². The third kappa shape index (κ3) is 6.98. The lowest BCUT2D eigenvalue weighted by molar-refractivity contribution is -0.118. The Hall–Kier alpha value is -2.17. The quantitative estimate of drug-likeness (QED) is 0.822. The zero-order valence-electron chi connectivity index (χ0n) is 15.9. The zero-order chi connectivity index (χ0) is 18.6. The van der Waals surface area contributed by atoms with E-state index in [1.807, 2.05) is 37.3 Å². The number of hydrogen-bond acceptors (Lipinski definition) is 3. The molecule has 2 aromatic rings. The van der Waals surface area contributed by atoms with Gasteiger partial charge in [0.15, 0.2) is 0 Å². The lowest BCUT2D eigenvalue weighted by Gasteiger charge is -2.26. The first-order valence-corrected chi connectivity index (χ1v) is 9.36. The molecule has 0 unspecified atom stereocenters. The van der Waals surface area contributed by atoms with Gasteiger partial charge in [-0.25, -0.2) is 0 Å². The molecule has 4 nitrogen and oxygen atoms in total. The molecule has 2 aromatic carbocycles. The minimum absolute atomic E-state index is 0.140. The normalized spacial score (nSPS) is 14.2. The molecule has 0 atom stereocenters. The molecular formula is C22H30N2O2. The first kappa shape index (κ1) is 20.1. The average Bonchev–Trinajstić information content (AvgIpc) is 2.74. The van der Waals surface area contributed by atoms with E-state index in [9.17, 15) is 4.79 Å². The van der Waals surface area contributed by atoms with Gasteiger partial charge in [-0.3, -0.25) is 9.69 Å². The van der Waals surface area contributed by atoms with Crippen LogP contribution >= 0.6 is 0 Å². The van der Waals surface area contributed by atoms with Gasteiger partial charge in [0.25, 0.3) is 0 Å². The van der Waals surface area contributed by atoms with Gasteiger partial charge in [-0.1, -0.05) is 55.5 Å². The number of hydrogen-bond donors (Lipinski definition) is 0. The van der Waals surface area contributed by atoms with Gasteiger partial charge >= 0.3 is 0 Å². The molecule has 1 fully saturated rings. The monoisotopic (exact) mass is 354 g/mol. The smallest absolute Gasteiger partial charge is 0.226 e. The molecule has 3 rings (SSSR count). The van der Waals surface area contributed by atoms with E-state index in [0.29, 0.717) is 6.42 Å². The molecule has 0 bridgehead atoms. The molecule has 140 valence electrons. The van der Waals surface area contributed by atoms with Crippen molar-refractivity contribution in [1.82, 2.24) is 4.90 Å². The van der Waals surface area contributed by atoms with E-state index in [-0.39, 0.29) is 5.91 Å². The third-order valence-electron chi connectivity index (χ3n) is 4.48. The number of ether oxygens (including phenoxy) is 1. The van der Waals surface area contributed by atoms with Crippen molar-refractivity contribution in [2.75, 3.05) is 44.8 Å². The lowest BCUT2D eigenvalue weighted by atomic mass is 10.1. The Balaban J connectivity index is 0.000000190. The minimum Gasteiger partial charge on any atom is -0.379 e. The summed E-state index contributed by atoms with van der Waals surface area (Å²) in [6.07, 6.45) is 1.70. The fraction of sp³-hybridized carbons (Fsp3) is 0.409. The molecule has 0 aliphatic carbocycles. The van der Waals surface area contributed by atoms with E-state index < -0.39 is 0 Å². The van der Waals surface area contributed by atoms with E-state index >= 15 is 0 Å². The number of amides is 1. The van der Waals surface area contributed by atoms with Gasteiger partial charge in [0.2, 0.25) is 5.91 Å². The van der Waals surface area contributed by atoms with Crippen LogP contribution in [0.15, 0.2) is 60.7 Å². The van der Waals surface area contributed by atoms with E-state index in [1.165, 1.54) is 5.56 Å². The Labute approximate surface area is 157 Å². The van der Waals surface area contributed by atoms with Crippen molar-refractivity contribution < 1.29 is 9.53 Å². The molecule has 1 amide bonds. The topological polar surface area (TPSA) is 32.8 Å². The number of para-hydroxylation sites is 1. The number of rotatable bonds is 5. The van der Waals surface area contributed by atoms with Gasteiger partial charge < -0.3 is 9.64 Å². The van der Waals surface area contributed by atoms with Gasteiger partial charge in [0, 0.05) is 38.8 Å². The predicted molar refractivity (Wildman–Crippen MR) is 108 cm³/mol. The minimum atomic E-state index is 0.140. The fourth-order valence-electron chi connectivity index (χ4n) is 2.79. The maximum Gasteiger partial charge on any atom is 0.226 e. The van der Waals surface area contributed by atoms with Crippen LogP contribution in [-0.2, 0) is 16.0 Å². The zero-order valence-corrected chi connectivity index (χ0v) is 15.9. The highest BCUT2D eigenvalue weighted by Crippen LogP contribution is 2.11. The molecule has 1 aliphatic heterocycles. The Kier molecular flexibility index (Phi) is 8.87. The van der Waals surface area contributed by atoms with Crippen LogP contribution in [0.5, 0.6) is 0 Å². The predicted octanol–water partition coefficient (Wildman–Crippen LogP) is 3.62. The maximum atomic E-state index is 11.2. The summed E-state index contributed by atoms with van der Waals surface area (Å²) >= 11 is 0. The molecule has 1 aliphatic rings. The highest BCUT2D eigenvalue weighted by atomic mass is 16.5. The summed E-state index contributed by atoms with van der Waals surface area (Å²) < 4.78 is 5.31. The van der Waals surface area contributed by atoms with E-state index in [4.69, 9.17) is 4.74 Å². The molecular weight excluding hydrogens is 324 g/mol. The standard InChI is InChI=1S/C12H17NO.C10H13NO/c1-2-4-12(5-3-1)6-7-13-8-10-14-11-9-13;1-3-10(12)11(2)9-7-5-4-6-8-9/h1-5H,6-11H2;4-8H,3H2,1-2H3. The van der Waals surface area contributed by atoms with E-state index in [2.05, 4.69) is 35.2 Å². The van der Waals surface area contributed by atoms with Gasteiger partial charge in [-0.05, 0) is 24.1 Å². The Morgan fingerprint density at radius 3 is 2.15 bits per heavy atom. The second-order valence-electron chi connectivity index (χ2n) is 6.33. The van der Waals surface area contributed by atoms with Crippen LogP contribution in [0.3, 0.4) is 0 Å². The summed E-state index contributed by atoms with van der Waals surface area (Å²) in [6.45, 7) is 7.00. The highest BCUT2D eigenvalue weighted by molar-refractivity contribution is 5.92. The first-order chi connectivity index (χ1) is 12.7. The molecule has 26 heavy (non-hydrogen) atoms. The second kappa shape index (κ2) is 11.4. The number of carbonyl (C=O) groups is 1. The van der Waals surface area contributed by atoms with Crippen LogP contribution in [0.4, 0.5) is 5.69 Å². The maximum absolute atomic E-state index is 11.2. The van der Waals surface area contributed by atoms with Crippen LogP contribution in [0.2, 0.25) is 0 Å². The molecule has 0 aromatic heterocycles. The lowest BCUT2D eigenvalue weighted by Crippen LogP contribution is -2.37. The van der Waals surface area contributed by atoms with Gasteiger partial charge in [0.05, 0.1) is 13.2 Å². The van der Waals surface area contributed by atoms with E-state index in [1.54, 1.807) is 11.9 Å². The van der Waals surface area contributed by atoms with Crippen molar-refractivity contribution in [2.45, 2.75) is 19.8 Å². The van der Waals surface area contributed by atoms with Crippen molar-refractivity contribution in [3.63, 3.8) is 0 Å². The number of morpholine rings is 1. The highest BCUT2D eigenvalue weighted by Gasteiger charge is 2.09. The molecule has 0 N–H and O–H groups in total. The van der Waals surface area contributed by atoms with Crippen LogP contribution in [-0.4, -0.2) is 50.7 Å². The summed E-state index contributed by atoms with van der Waals surface area (Å²) in [6, 6.07) is 20.3. The van der Waals surface area contributed by atoms with Crippen molar-refractivity contribution in [3.05, 3.63) is 66.2 Å². The largest absolute Gasteiger partial charge is 0.379 e. The number of nitrogens with zero attached hydrogens (tertiary/aromatic N) is 2. The fourth-order valence-corrected chi connectivity index (χ4v) is 2.79. The molecule has 0 saturated carbocycles. The molecule has 1 saturated heterocycles. The summed E-state index contributed by atoms with van der Waals surface area (Å²) in [5, 5.41) is 0. The third-order valence-corrected chi connectivity index (χ3v) is 4.48. The molecule has 1 heterocycles. The summed E-state index contributed by atoms with van der Waals surface area (Å²) in [7, 11) is 1.79. The van der Waals surface area contributed by atoms with Crippen LogP contribution in [0, 0.1) is 0 Å². The van der Waals surface area contributed by atoms with Crippen LogP contribution in [0.1, 0.15) is 18.9 Å². The Bertz CT molecular complexity index is 625. The van der Waals surface area contributed by atoms with Crippen molar-refractivity contribution in [2.24, 2.45) is 0 Å². The van der Waals surface area contributed by atoms with Gasteiger partial charge in [0.1, 0.15) is 0 Å².